The van der Waals surface area contributed by atoms with E-state index in [2.05, 4.69) is 0 Å². The van der Waals surface area contributed by atoms with Gasteiger partial charge in [0.05, 0.1) is 0 Å². The first-order chi connectivity index (χ1) is 9.08. The minimum atomic E-state index is -0.545. The van der Waals surface area contributed by atoms with Crippen LogP contribution in [-0.2, 0) is 4.79 Å². The van der Waals surface area contributed by atoms with Crippen molar-refractivity contribution in [2.24, 2.45) is 0 Å². The van der Waals surface area contributed by atoms with Crippen molar-refractivity contribution < 1.29 is 13.9 Å². The third-order valence-electron chi connectivity index (χ3n) is 3.69. The van der Waals surface area contributed by atoms with Crippen LogP contribution in [0.3, 0.4) is 0 Å². The zero-order valence-electron chi connectivity index (χ0n) is 11.4. The van der Waals surface area contributed by atoms with Gasteiger partial charge in [0.15, 0.2) is 6.10 Å². The smallest absolute Gasteiger partial charge is 0.263 e. The number of nitrogens with zero attached hydrogens (tertiary/aromatic N) is 1. The van der Waals surface area contributed by atoms with Gasteiger partial charge < -0.3 is 9.64 Å². The van der Waals surface area contributed by atoms with Crippen LogP contribution in [0.2, 0.25) is 0 Å². The molecule has 0 bridgehead atoms. The first kappa shape index (κ1) is 13.8. The number of amides is 1. The molecule has 1 fully saturated rings. The second-order valence-corrected chi connectivity index (χ2v) is 5.10. The van der Waals surface area contributed by atoms with Crippen LogP contribution in [0.5, 0.6) is 5.75 Å². The zero-order chi connectivity index (χ0) is 13.8. The number of rotatable bonds is 4. The van der Waals surface area contributed by atoms with Crippen molar-refractivity contribution in [2.45, 2.75) is 44.8 Å². The van der Waals surface area contributed by atoms with Crippen molar-refractivity contribution in [3.8, 4) is 5.75 Å². The average Bonchev–Trinajstić information content (AvgIpc) is 2.93. The Balaban J connectivity index is 1.93. The Morgan fingerprint density at radius 2 is 1.89 bits per heavy atom. The molecule has 19 heavy (non-hydrogen) atoms. The summed E-state index contributed by atoms with van der Waals surface area (Å²) < 4.78 is 18.3. The molecule has 1 saturated carbocycles. The minimum absolute atomic E-state index is 0.0174. The van der Waals surface area contributed by atoms with Gasteiger partial charge in [-0.3, -0.25) is 4.79 Å². The Labute approximate surface area is 113 Å². The van der Waals surface area contributed by atoms with Crippen molar-refractivity contribution in [1.29, 1.82) is 0 Å². The molecule has 0 spiro atoms. The summed E-state index contributed by atoms with van der Waals surface area (Å²) in [5.74, 6) is 0.188. The van der Waals surface area contributed by atoms with Crippen LogP contribution < -0.4 is 4.74 Å². The van der Waals surface area contributed by atoms with E-state index >= 15 is 0 Å². The fourth-order valence-corrected chi connectivity index (χ4v) is 2.53. The lowest BCUT2D eigenvalue weighted by Crippen LogP contribution is -2.42. The maximum absolute atomic E-state index is 12.8. The van der Waals surface area contributed by atoms with Crippen LogP contribution in [0.25, 0.3) is 0 Å². The van der Waals surface area contributed by atoms with Crippen molar-refractivity contribution >= 4 is 5.91 Å². The monoisotopic (exact) mass is 265 g/mol. The third kappa shape index (κ3) is 3.46. The summed E-state index contributed by atoms with van der Waals surface area (Å²) in [5, 5.41) is 0. The van der Waals surface area contributed by atoms with E-state index in [1.54, 1.807) is 11.8 Å². The van der Waals surface area contributed by atoms with E-state index < -0.39 is 6.10 Å². The Hall–Kier alpha value is -1.58. The second kappa shape index (κ2) is 6.04. The molecule has 1 aliphatic carbocycles. The van der Waals surface area contributed by atoms with Crippen LogP contribution in [0.15, 0.2) is 24.3 Å². The highest BCUT2D eigenvalue weighted by Gasteiger charge is 2.27. The number of carbonyl (C=O) groups is 1. The van der Waals surface area contributed by atoms with Crippen LogP contribution >= 0.6 is 0 Å². The molecule has 0 saturated heterocycles. The summed E-state index contributed by atoms with van der Waals surface area (Å²) in [5.41, 5.74) is 0. The normalized spacial score (nSPS) is 17.2. The second-order valence-electron chi connectivity index (χ2n) is 5.10. The molecular formula is C15H20FNO2. The Morgan fingerprint density at radius 3 is 2.47 bits per heavy atom. The number of benzene rings is 1. The van der Waals surface area contributed by atoms with E-state index in [1.165, 1.54) is 37.1 Å². The van der Waals surface area contributed by atoms with Gasteiger partial charge in [0.1, 0.15) is 11.6 Å². The van der Waals surface area contributed by atoms with E-state index in [9.17, 15) is 9.18 Å². The molecule has 0 aromatic heterocycles. The SMILES string of the molecule is C[C@@H](Oc1ccc(F)cc1)C(=O)N(C)C1CCCC1. The number of likely N-dealkylation sites (N-methyl/N-ethyl adjacent to an activating group) is 1. The van der Waals surface area contributed by atoms with Crippen molar-refractivity contribution in [3.63, 3.8) is 0 Å². The average molecular weight is 265 g/mol. The number of halogens is 1. The predicted molar refractivity (Wildman–Crippen MR) is 71.5 cm³/mol. The number of carbonyl (C=O) groups excluding carboxylic acids is 1. The highest BCUT2D eigenvalue weighted by atomic mass is 19.1. The minimum Gasteiger partial charge on any atom is -0.481 e. The molecule has 4 heteroatoms. The van der Waals surface area contributed by atoms with E-state index in [0.717, 1.165) is 12.8 Å². The number of hydrogen-bond acceptors (Lipinski definition) is 2. The van der Waals surface area contributed by atoms with Crippen LogP contribution in [0.1, 0.15) is 32.6 Å². The largest absolute Gasteiger partial charge is 0.481 e. The summed E-state index contributed by atoms with van der Waals surface area (Å²) in [6.07, 6.45) is 3.98. The maximum Gasteiger partial charge on any atom is 0.263 e. The zero-order valence-corrected chi connectivity index (χ0v) is 11.4. The quantitative estimate of drug-likeness (QED) is 0.837. The van der Waals surface area contributed by atoms with Crippen LogP contribution in [-0.4, -0.2) is 30.0 Å². The number of hydrogen-bond donors (Lipinski definition) is 0. The van der Waals surface area contributed by atoms with E-state index in [1.807, 2.05) is 7.05 Å². The Kier molecular flexibility index (Phi) is 4.40. The first-order valence-corrected chi connectivity index (χ1v) is 6.77. The summed E-state index contributed by atoms with van der Waals surface area (Å²) in [6, 6.07) is 6.07. The highest BCUT2D eigenvalue weighted by Crippen LogP contribution is 2.23. The fraction of sp³-hybridized carbons (Fsp3) is 0.533. The molecule has 1 aromatic rings. The predicted octanol–water partition coefficient (Wildman–Crippen LogP) is 2.99. The molecule has 3 nitrogen and oxygen atoms in total. The van der Waals surface area contributed by atoms with Crippen molar-refractivity contribution in [2.75, 3.05) is 7.05 Å². The molecule has 1 atom stereocenters. The van der Waals surface area contributed by atoms with Gasteiger partial charge >= 0.3 is 0 Å². The van der Waals surface area contributed by atoms with Crippen LogP contribution in [0.4, 0.5) is 4.39 Å². The maximum atomic E-state index is 12.8. The fourth-order valence-electron chi connectivity index (χ4n) is 2.53. The Morgan fingerprint density at radius 1 is 1.32 bits per heavy atom. The lowest BCUT2D eigenvalue weighted by molar-refractivity contribution is -0.138. The van der Waals surface area contributed by atoms with Gasteiger partial charge in [-0.15, -0.1) is 0 Å². The summed E-state index contributed by atoms with van der Waals surface area (Å²) in [6.45, 7) is 1.73. The van der Waals surface area contributed by atoms with Gasteiger partial charge in [-0.25, -0.2) is 4.39 Å². The molecule has 1 amide bonds. The lowest BCUT2D eigenvalue weighted by Gasteiger charge is -2.27. The van der Waals surface area contributed by atoms with E-state index in [-0.39, 0.29) is 11.7 Å². The van der Waals surface area contributed by atoms with Gasteiger partial charge in [0.25, 0.3) is 5.91 Å². The molecule has 0 unspecified atom stereocenters. The molecule has 0 heterocycles. The van der Waals surface area contributed by atoms with E-state index in [0.29, 0.717) is 11.8 Å². The van der Waals surface area contributed by atoms with Gasteiger partial charge in [-0.2, -0.15) is 0 Å². The molecular weight excluding hydrogens is 245 g/mol. The van der Waals surface area contributed by atoms with Crippen LogP contribution in [0, 0.1) is 5.82 Å². The summed E-state index contributed by atoms with van der Waals surface area (Å²) in [7, 11) is 1.84. The highest BCUT2D eigenvalue weighted by molar-refractivity contribution is 5.81. The summed E-state index contributed by atoms with van der Waals surface area (Å²) in [4.78, 5) is 14.0. The molecule has 1 aromatic carbocycles. The third-order valence-corrected chi connectivity index (χ3v) is 3.69. The molecule has 0 aliphatic heterocycles. The van der Waals surface area contributed by atoms with E-state index in [4.69, 9.17) is 4.74 Å². The van der Waals surface area contributed by atoms with Gasteiger partial charge in [0, 0.05) is 13.1 Å². The molecule has 0 radical (unpaired) electrons. The lowest BCUT2D eigenvalue weighted by atomic mass is 10.2. The van der Waals surface area contributed by atoms with Gasteiger partial charge in [-0.1, -0.05) is 12.8 Å². The van der Waals surface area contributed by atoms with Gasteiger partial charge in [-0.05, 0) is 44.0 Å². The van der Waals surface area contributed by atoms with Crippen molar-refractivity contribution in [3.05, 3.63) is 30.1 Å². The van der Waals surface area contributed by atoms with Crippen molar-refractivity contribution in [1.82, 2.24) is 4.90 Å². The van der Waals surface area contributed by atoms with Gasteiger partial charge in [0.2, 0.25) is 0 Å². The topological polar surface area (TPSA) is 29.5 Å². The molecule has 1 aliphatic rings. The Bertz CT molecular complexity index is 426. The molecule has 0 N–H and O–H groups in total. The molecule has 2 rings (SSSR count). The molecule has 104 valence electrons. The first-order valence-electron chi connectivity index (χ1n) is 6.77. The number of ether oxygens (including phenoxy) is 1. The summed E-state index contributed by atoms with van der Waals surface area (Å²) >= 11 is 0. The standard InChI is InChI=1S/C15H20FNO2/c1-11(19-14-9-7-12(16)8-10-14)15(18)17(2)13-5-3-4-6-13/h7-11,13H,3-6H2,1-2H3/t11-/m1/s1.